The summed E-state index contributed by atoms with van der Waals surface area (Å²) in [6.45, 7) is 4.22. The van der Waals surface area contributed by atoms with E-state index in [0.29, 0.717) is 4.84 Å². The van der Waals surface area contributed by atoms with Crippen molar-refractivity contribution in [2.75, 3.05) is 6.54 Å². The molecule has 2 N–H and O–H groups in total. The molecular weight excluding hydrogens is 232 g/mol. The van der Waals surface area contributed by atoms with Crippen LogP contribution < -0.4 is 5.32 Å². The molecule has 3 nitrogen and oxygen atoms in total. The fraction of sp³-hybridized carbons (Fsp3) is 0.462. The predicted octanol–water partition coefficient (Wildman–Crippen LogP) is 2.67. The van der Waals surface area contributed by atoms with Crippen LogP contribution in [0.5, 0.6) is 0 Å². The third kappa shape index (κ3) is 2.96. The smallest absolute Gasteiger partial charge is 0.274 e. The molecule has 0 fully saturated rings. The highest BCUT2D eigenvalue weighted by atomic mass is 32.1. The van der Waals surface area contributed by atoms with Crippen molar-refractivity contribution in [3.8, 4) is 0 Å². The molecule has 0 spiro atoms. The van der Waals surface area contributed by atoms with Gasteiger partial charge in [-0.05, 0) is 37.2 Å². The maximum Gasteiger partial charge on any atom is 0.274 e. The highest BCUT2D eigenvalue weighted by Crippen LogP contribution is 2.15. The molecule has 0 unspecified atom stereocenters. The zero-order valence-corrected chi connectivity index (χ0v) is 11.0. The van der Waals surface area contributed by atoms with E-state index in [-0.39, 0.29) is 0 Å². The van der Waals surface area contributed by atoms with Crippen LogP contribution in [0.2, 0.25) is 0 Å². The number of quaternary nitrogens is 1. The van der Waals surface area contributed by atoms with E-state index in [9.17, 15) is 0 Å². The lowest BCUT2D eigenvalue weighted by Crippen LogP contribution is -2.83. The van der Waals surface area contributed by atoms with Gasteiger partial charge >= 0.3 is 0 Å². The maximum atomic E-state index is 5.53. The fourth-order valence-corrected chi connectivity index (χ4v) is 2.21. The van der Waals surface area contributed by atoms with E-state index in [4.69, 9.17) is 16.6 Å². The normalized spacial score (nSPS) is 11.1. The van der Waals surface area contributed by atoms with Gasteiger partial charge in [0.05, 0.1) is 12.1 Å². The van der Waals surface area contributed by atoms with Crippen molar-refractivity contribution in [2.24, 2.45) is 0 Å². The van der Waals surface area contributed by atoms with Crippen molar-refractivity contribution in [1.29, 1.82) is 0 Å². The molecule has 0 bridgehead atoms. The largest absolute Gasteiger partial charge is 0.429 e. The Morgan fingerprint density at radius 2 is 2.12 bits per heavy atom. The molecule has 0 atom stereocenters. The van der Waals surface area contributed by atoms with E-state index in [1.165, 1.54) is 19.3 Å². The van der Waals surface area contributed by atoms with Crippen LogP contribution in [0.4, 0.5) is 0 Å². The van der Waals surface area contributed by atoms with E-state index < -0.39 is 0 Å². The molecule has 0 amide bonds. The summed E-state index contributed by atoms with van der Waals surface area (Å²) in [7, 11) is 0. The Hall–Kier alpha value is -1.13. The number of benzene rings is 1. The SMILES string of the molecule is CCCCC[NH2+]Cn1c(=S)oc2ccccc21. The highest BCUT2D eigenvalue weighted by Gasteiger charge is 2.06. The van der Waals surface area contributed by atoms with Crippen molar-refractivity contribution < 1.29 is 9.73 Å². The van der Waals surface area contributed by atoms with Crippen LogP contribution >= 0.6 is 12.2 Å². The number of fused-ring (bicyclic) bond motifs is 1. The lowest BCUT2D eigenvalue weighted by Gasteiger charge is -2.02. The van der Waals surface area contributed by atoms with Gasteiger partial charge in [0.2, 0.25) is 0 Å². The topological polar surface area (TPSA) is 34.7 Å². The van der Waals surface area contributed by atoms with Gasteiger partial charge in [-0.15, -0.1) is 0 Å². The molecule has 0 saturated carbocycles. The summed E-state index contributed by atoms with van der Waals surface area (Å²) >= 11 is 5.23. The molecule has 1 aromatic carbocycles. The molecule has 1 heterocycles. The minimum atomic E-state index is 0.568. The van der Waals surface area contributed by atoms with Crippen molar-refractivity contribution >= 4 is 23.3 Å². The van der Waals surface area contributed by atoms with E-state index >= 15 is 0 Å². The summed E-state index contributed by atoms with van der Waals surface area (Å²) in [5.41, 5.74) is 1.96. The highest BCUT2D eigenvalue weighted by molar-refractivity contribution is 7.71. The van der Waals surface area contributed by atoms with Gasteiger partial charge in [-0.1, -0.05) is 25.5 Å². The number of hydrogen-bond acceptors (Lipinski definition) is 2. The van der Waals surface area contributed by atoms with Crippen LogP contribution in [0.15, 0.2) is 28.7 Å². The third-order valence-electron chi connectivity index (χ3n) is 2.90. The number of rotatable bonds is 6. The van der Waals surface area contributed by atoms with Crippen molar-refractivity contribution in [2.45, 2.75) is 32.9 Å². The number of nitrogens with zero attached hydrogens (tertiary/aromatic N) is 1. The lowest BCUT2D eigenvalue weighted by molar-refractivity contribution is -0.683. The lowest BCUT2D eigenvalue weighted by atomic mass is 10.2. The first-order valence-corrected chi connectivity index (χ1v) is 6.64. The molecule has 0 aliphatic heterocycles. The number of para-hydroxylation sites is 2. The summed E-state index contributed by atoms with van der Waals surface area (Å²) < 4.78 is 7.59. The maximum absolute atomic E-state index is 5.53. The van der Waals surface area contributed by atoms with Crippen LogP contribution in [-0.4, -0.2) is 11.1 Å². The molecule has 4 heteroatoms. The van der Waals surface area contributed by atoms with Crippen LogP contribution in [0.3, 0.4) is 0 Å². The summed E-state index contributed by atoms with van der Waals surface area (Å²) in [5, 5.41) is 2.29. The average molecular weight is 251 g/mol. The summed E-state index contributed by atoms with van der Waals surface area (Å²) in [4.78, 5) is 0.568. The molecule has 17 heavy (non-hydrogen) atoms. The van der Waals surface area contributed by atoms with Gasteiger partial charge in [0.15, 0.2) is 12.3 Å². The Morgan fingerprint density at radius 3 is 2.94 bits per heavy atom. The molecule has 92 valence electrons. The average Bonchev–Trinajstić information content (AvgIpc) is 2.65. The van der Waals surface area contributed by atoms with Gasteiger partial charge in [-0.3, -0.25) is 4.57 Å². The van der Waals surface area contributed by atoms with E-state index in [1.807, 2.05) is 18.2 Å². The molecule has 1 aromatic heterocycles. The van der Waals surface area contributed by atoms with Crippen LogP contribution in [0, 0.1) is 4.84 Å². The quantitative estimate of drug-likeness (QED) is 0.633. The van der Waals surface area contributed by atoms with Gasteiger partial charge in [-0.25, -0.2) is 0 Å². The Kier molecular flexibility index (Phi) is 4.34. The van der Waals surface area contributed by atoms with E-state index in [1.54, 1.807) is 0 Å². The van der Waals surface area contributed by atoms with Gasteiger partial charge in [0.1, 0.15) is 0 Å². The third-order valence-corrected chi connectivity index (χ3v) is 3.20. The zero-order chi connectivity index (χ0) is 12.1. The fourth-order valence-electron chi connectivity index (χ4n) is 1.95. The second kappa shape index (κ2) is 5.98. The Labute approximate surface area is 106 Å². The number of unbranched alkanes of at least 4 members (excludes halogenated alkanes) is 2. The summed E-state index contributed by atoms with van der Waals surface area (Å²) in [6.07, 6.45) is 3.83. The standard InChI is InChI=1S/C13H18N2OS/c1-2-3-6-9-14-10-15-11-7-4-5-8-12(11)16-13(15)17/h4-5,7-8,14H,2-3,6,9-10H2,1H3/p+1. The van der Waals surface area contributed by atoms with E-state index in [2.05, 4.69) is 22.9 Å². The Bertz CT molecular complexity index is 529. The minimum absolute atomic E-state index is 0.568. The number of hydrogen-bond donors (Lipinski definition) is 1. The van der Waals surface area contributed by atoms with Crippen LogP contribution in [-0.2, 0) is 6.67 Å². The van der Waals surface area contributed by atoms with Crippen molar-refractivity contribution in [3.63, 3.8) is 0 Å². The molecule has 2 rings (SSSR count). The summed E-state index contributed by atoms with van der Waals surface area (Å²) in [6, 6.07) is 7.99. The molecule has 0 radical (unpaired) electrons. The molecule has 2 aromatic rings. The first-order valence-electron chi connectivity index (χ1n) is 6.23. The monoisotopic (exact) mass is 251 g/mol. The van der Waals surface area contributed by atoms with Crippen molar-refractivity contribution in [3.05, 3.63) is 29.1 Å². The van der Waals surface area contributed by atoms with Gasteiger partial charge in [-0.2, -0.15) is 0 Å². The second-order valence-corrected chi connectivity index (χ2v) is 4.58. The van der Waals surface area contributed by atoms with Crippen molar-refractivity contribution in [1.82, 2.24) is 4.57 Å². The van der Waals surface area contributed by atoms with E-state index in [0.717, 1.165) is 24.3 Å². The first-order chi connectivity index (χ1) is 8.33. The van der Waals surface area contributed by atoms with Gasteiger partial charge < -0.3 is 9.73 Å². The number of nitrogens with two attached hydrogens (primary N) is 1. The molecule has 0 saturated heterocycles. The van der Waals surface area contributed by atoms with Gasteiger partial charge in [0, 0.05) is 0 Å². The van der Waals surface area contributed by atoms with Crippen LogP contribution in [0.1, 0.15) is 26.2 Å². The summed E-state index contributed by atoms with van der Waals surface area (Å²) in [5.74, 6) is 0. The molecular formula is C13H19N2OS+. The number of aromatic nitrogens is 1. The zero-order valence-electron chi connectivity index (χ0n) is 10.2. The van der Waals surface area contributed by atoms with Gasteiger partial charge in [0.25, 0.3) is 4.84 Å². The predicted molar refractivity (Wildman–Crippen MR) is 71.4 cm³/mol. The first kappa shape index (κ1) is 12.3. The number of oxazole rings is 1. The molecule has 0 aliphatic carbocycles. The van der Waals surface area contributed by atoms with Crippen LogP contribution in [0.25, 0.3) is 11.1 Å². The molecule has 0 aliphatic rings. The minimum Gasteiger partial charge on any atom is -0.429 e. The Morgan fingerprint density at radius 1 is 1.29 bits per heavy atom. The second-order valence-electron chi connectivity index (χ2n) is 4.23. The Balaban J connectivity index is 2.03.